The van der Waals surface area contributed by atoms with Gasteiger partial charge in [0.1, 0.15) is 6.10 Å². The summed E-state index contributed by atoms with van der Waals surface area (Å²) in [5, 5.41) is 34.6. The van der Waals surface area contributed by atoms with Crippen LogP contribution in [0.4, 0.5) is 0 Å². The Hall–Kier alpha value is -3.51. The number of hydrogen-bond acceptors (Lipinski definition) is 7. The second-order valence-corrected chi connectivity index (χ2v) is 5.96. The average molecular weight is 427 g/mol. The van der Waals surface area contributed by atoms with Gasteiger partial charge >= 0.3 is 23.9 Å². The Morgan fingerprint density at radius 1 is 1.07 bits per heavy atom. The van der Waals surface area contributed by atoms with Crippen LogP contribution < -0.4 is 5.32 Å². The summed E-state index contributed by atoms with van der Waals surface area (Å²) in [4.78, 5) is 45.7. The van der Waals surface area contributed by atoms with E-state index in [1.165, 1.54) is 5.69 Å². The van der Waals surface area contributed by atoms with Crippen LogP contribution in [0.1, 0.15) is 31.3 Å². The monoisotopic (exact) mass is 427 g/mol. The van der Waals surface area contributed by atoms with Gasteiger partial charge in [-0.05, 0) is 0 Å². The molecule has 6 N–H and O–H groups in total. The lowest BCUT2D eigenvalue weighted by Crippen LogP contribution is -2.31. The first kappa shape index (κ1) is 26.5. The standard InChI is InChI=1S/C10H17N3O.2C4H4O4/c1-7(2)11-5-9-10-8(3-4-14-9)12-6-13-10;2*5-3(6)1-2-4(7)8/h6-7,9,11H,3-5H2,1-2H3,(H,12,13);2*1-2H,(H,5,6)(H,7,8)/b;2*2-1+. The van der Waals surface area contributed by atoms with Crippen molar-refractivity contribution in [3.8, 4) is 0 Å². The third-order valence-corrected chi connectivity index (χ3v) is 3.18. The normalized spacial score (nSPS) is 15.0. The van der Waals surface area contributed by atoms with E-state index in [1.54, 1.807) is 6.33 Å². The predicted molar refractivity (Wildman–Crippen MR) is 103 cm³/mol. The summed E-state index contributed by atoms with van der Waals surface area (Å²) in [6.07, 6.45) is 5.05. The molecule has 0 aromatic carbocycles. The van der Waals surface area contributed by atoms with E-state index >= 15 is 0 Å². The molecule has 1 aromatic heterocycles. The van der Waals surface area contributed by atoms with Gasteiger partial charge in [-0.15, -0.1) is 0 Å². The van der Waals surface area contributed by atoms with Crippen LogP contribution in [0.3, 0.4) is 0 Å². The number of carbonyl (C=O) groups is 4. The minimum absolute atomic E-state index is 0.118. The van der Waals surface area contributed by atoms with Gasteiger partial charge in [0.2, 0.25) is 0 Å². The number of rotatable bonds is 7. The quantitative estimate of drug-likeness (QED) is 0.330. The molecule has 1 aromatic rings. The van der Waals surface area contributed by atoms with E-state index in [4.69, 9.17) is 25.2 Å². The zero-order valence-corrected chi connectivity index (χ0v) is 16.4. The first-order chi connectivity index (χ1) is 14.0. The molecule has 0 fully saturated rings. The number of carboxylic acids is 4. The maximum atomic E-state index is 9.55. The zero-order valence-electron chi connectivity index (χ0n) is 16.4. The number of nitrogens with zero attached hydrogens (tertiary/aromatic N) is 1. The highest BCUT2D eigenvalue weighted by atomic mass is 16.5. The lowest BCUT2D eigenvalue weighted by atomic mass is 10.1. The molecule has 0 radical (unpaired) electrons. The molecule has 12 nitrogen and oxygen atoms in total. The van der Waals surface area contributed by atoms with Crippen LogP contribution in [0.2, 0.25) is 0 Å². The van der Waals surface area contributed by atoms with E-state index in [1.807, 2.05) is 0 Å². The maximum absolute atomic E-state index is 9.55. The number of carboxylic acid groups (broad SMARTS) is 4. The topological polar surface area (TPSA) is 199 Å². The molecule has 0 saturated carbocycles. The Kier molecular flexibility index (Phi) is 12.8. The van der Waals surface area contributed by atoms with Gasteiger partial charge in [0.25, 0.3) is 0 Å². The number of H-pyrrole nitrogens is 1. The van der Waals surface area contributed by atoms with E-state index in [9.17, 15) is 19.2 Å². The van der Waals surface area contributed by atoms with Crippen molar-refractivity contribution in [3.63, 3.8) is 0 Å². The highest BCUT2D eigenvalue weighted by molar-refractivity contribution is 5.90. The molecule has 30 heavy (non-hydrogen) atoms. The molecule has 1 aliphatic rings. The summed E-state index contributed by atoms with van der Waals surface area (Å²) in [6.45, 7) is 5.90. The van der Waals surface area contributed by atoms with Crippen LogP contribution in [0.25, 0.3) is 0 Å². The molecule has 0 aliphatic carbocycles. The van der Waals surface area contributed by atoms with Gasteiger partial charge in [0.05, 0.1) is 18.6 Å². The summed E-state index contributed by atoms with van der Waals surface area (Å²) in [5.41, 5.74) is 2.30. The lowest BCUT2D eigenvalue weighted by Gasteiger charge is -2.23. The number of hydrogen-bond donors (Lipinski definition) is 6. The number of fused-ring (bicyclic) bond motifs is 1. The van der Waals surface area contributed by atoms with Crippen molar-refractivity contribution < 1.29 is 44.3 Å². The van der Waals surface area contributed by atoms with Gasteiger partial charge in [0.15, 0.2) is 0 Å². The highest BCUT2D eigenvalue weighted by Crippen LogP contribution is 2.23. The summed E-state index contributed by atoms with van der Waals surface area (Å²) >= 11 is 0. The third-order valence-electron chi connectivity index (χ3n) is 3.18. The van der Waals surface area contributed by atoms with Crippen molar-refractivity contribution in [3.05, 3.63) is 42.0 Å². The van der Waals surface area contributed by atoms with Gasteiger partial charge in [-0.25, -0.2) is 24.2 Å². The van der Waals surface area contributed by atoms with E-state index in [2.05, 4.69) is 29.1 Å². The van der Waals surface area contributed by atoms with Gasteiger partial charge < -0.3 is 35.5 Å². The van der Waals surface area contributed by atoms with Gasteiger partial charge in [-0.3, -0.25) is 0 Å². The van der Waals surface area contributed by atoms with Gasteiger partial charge in [-0.1, -0.05) is 13.8 Å². The number of aliphatic carboxylic acids is 4. The van der Waals surface area contributed by atoms with E-state index in [0.29, 0.717) is 30.3 Å². The van der Waals surface area contributed by atoms with Crippen LogP contribution in [-0.4, -0.2) is 73.5 Å². The Morgan fingerprint density at radius 3 is 1.93 bits per heavy atom. The molecule has 2 heterocycles. The fourth-order valence-electron chi connectivity index (χ4n) is 1.97. The van der Waals surface area contributed by atoms with Gasteiger partial charge in [0, 0.05) is 49.0 Å². The molecular weight excluding hydrogens is 402 g/mol. The van der Waals surface area contributed by atoms with E-state index < -0.39 is 23.9 Å². The highest BCUT2D eigenvalue weighted by Gasteiger charge is 2.22. The molecule has 1 unspecified atom stereocenters. The van der Waals surface area contributed by atoms with Crippen LogP contribution in [0, 0.1) is 0 Å². The second-order valence-electron chi connectivity index (χ2n) is 5.96. The summed E-state index contributed by atoms with van der Waals surface area (Å²) in [6, 6.07) is 0.489. The van der Waals surface area contributed by atoms with Crippen LogP contribution >= 0.6 is 0 Å². The first-order valence-electron chi connectivity index (χ1n) is 8.67. The average Bonchev–Trinajstić information content (AvgIpc) is 3.13. The van der Waals surface area contributed by atoms with Gasteiger partial charge in [-0.2, -0.15) is 0 Å². The number of nitrogens with one attached hydrogen (secondary N) is 2. The summed E-state index contributed by atoms with van der Waals surface area (Å²) in [7, 11) is 0. The fourth-order valence-corrected chi connectivity index (χ4v) is 1.97. The van der Waals surface area contributed by atoms with Crippen molar-refractivity contribution in [1.29, 1.82) is 0 Å². The van der Waals surface area contributed by atoms with Crippen molar-refractivity contribution in [2.45, 2.75) is 32.4 Å². The smallest absolute Gasteiger partial charge is 0.328 e. The van der Waals surface area contributed by atoms with Crippen molar-refractivity contribution >= 4 is 23.9 Å². The predicted octanol–water partition coefficient (Wildman–Crippen LogP) is 0.445. The molecule has 0 saturated heterocycles. The van der Waals surface area contributed by atoms with E-state index in [-0.39, 0.29) is 6.10 Å². The SMILES string of the molecule is CC(C)NCC1OCCc2[nH]cnc21.O=C(O)/C=C/C(=O)O.O=C(O)/C=C/C(=O)O. The largest absolute Gasteiger partial charge is 0.478 e. The van der Waals surface area contributed by atoms with Crippen LogP contribution in [-0.2, 0) is 30.3 Å². The summed E-state index contributed by atoms with van der Waals surface area (Å²) < 4.78 is 5.67. The molecular formula is C18H25N3O9. The maximum Gasteiger partial charge on any atom is 0.328 e. The molecule has 0 amide bonds. The van der Waals surface area contributed by atoms with Crippen molar-refractivity contribution in [2.75, 3.05) is 13.2 Å². The first-order valence-corrected chi connectivity index (χ1v) is 8.67. The van der Waals surface area contributed by atoms with Crippen LogP contribution in [0.5, 0.6) is 0 Å². The molecule has 1 atom stereocenters. The summed E-state index contributed by atoms with van der Waals surface area (Å²) in [5.74, 6) is -5.03. The molecule has 0 bridgehead atoms. The Labute approximate surface area is 171 Å². The molecule has 2 rings (SSSR count). The minimum Gasteiger partial charge on any atom is -0.478 e. The molecule has 0 spiro atoms. The number of aromatic amines is 1. The van der Waals surface area contributed by atoms with Crippen molar-refractivity contribution in [1.82, 2.24) is 15.3 Å². The number of imidazole rings is 1. The molecule has 1 aliphatic heterocycles. The van der Waals surface area contributed by atoms with Crippen LogP contribution in [0.15, 0.2) is 30.6 Å². The Morgan fingerprint density at radius 2 is 1.53 bits per heavy atom. The minimum atomic E-state index is -1.26. The second kappa shape index (κ2) is 14.5. The Bertz CT molecular complexity index is 703. The third kappa shape index (κ3) is 13.6. The lowest BCUT2D eigenvalue weighted by molar-refractivity contribution is -0.134. The fraction of sp³-hybridized carbons (Fsp3) is 0.389. The molecule has 166 valence electrons. The molecule has 12 heteroatoms. The zero-order chi connectivity index (χ0) is 23.1. The van der Waals surface area contributed by atoms with E-state index in [0.717, 1.165) is 25.3 Å². The Balaban J connectivity index is 0.000000456. The number of aromatic nitrogens is 2. The van der Waals surface area contributed by atoms with Crippen molar-refractivity contribution in [2.24, 2.45) is 0 Å². The number of ether oxygens (including phenoxy) is 1.